The summed E-state index contributed by atoms with van der Waals surface area (Å²) in [5.74, 6) is 0. The lowest BCUT2D eigenvalue weighted by Gasteiger charge is -2.35. The fraction of sp³-hybridized carbons (Fsp3) is 1.00. The lowest BCUT2D eigenvalue weighted by molar-refractivity contribution is 0.245. The summed E-state index contributed by atoms with van der Waals surface area (Å²) in [5.41, 5.74) is 4.71. The highest BCUT2D eigenvalue weighted by molar-refractivity contribution is 8.06. The van der Waals surface area contributed by atoms with Gasteiger partial charge in [0.1, 0.15) is 0 Å². The summed E-state index contributed by atoms with van der Waals surface area (Å²) in [5, 5.41) is -0.878. The second-order valence-electron chi connectivity index (χ2n) is 4.34. The van der Waals surface area contributed by atoms with Gasteiger partial charge in [0.25, 0.3) is 0 Å². The average molecular weight is 272 g/mol. The minimum absolute atomic E-state index is 0.129. The first-order valence-electron chi connectivity index (χ1n) is 4.84. The Morgan fingerprint density at radius 1 is 1.19 bits per heavy atom. The zero-order chi connectivity index (χ0) is 13.2. The molecule has 0 rings (SSSR count). The van der Waals surface area contributed by atoms with E-state index in [0.29, 0.717) is 0 Å². The number of hydrogen-bond donors (Lipinski definition) is 1. The molecule has 0 spiro atoms. The van der Waals surface area contributed by atoms with Crippen LogP contribution in [0.1, 0.15) is 20.8 Å². The molecule has 0 heterocycles. The summed E-state index contributed by atoms with van der Waals surface area (Å²) in [6.45, 7) is 5.30. The fourth-order valence-electron chi connectivity index (χ4n) is 1.44. The molecule has 0 bridgehead atoms. The van der Waals surface area contributed by atoms with Gasteiger partial charge in [-0.1, -0.05) is 6.92 Å². The molecule has 16 heavy (non-hydrogen) atoms. The minimum atomic E-state index is -3.83. The van der Waals surface area contributed by atoms with Crippen LogP contribution < -0.4 is 5.73 Å². The number of rotatable bonds is 6. The Balaban J connectivity index is 5.28. The SMILES string of the molecule is CCN(C(C)(C)CN)S(=O)(=O)CS(C)(=O)=O. The highest BCUT2D eigenvalue weighted by Crippen LogP contribution is 2.18. The quantitative estimate of drug-likeness (QED) is 0.695. The number of nitrogens with zero attached hydrogens (tertiary/aromatic N) is 1. The summed E-state index contributed by atoms with van der Waals surface area (Å²) >= 11 is 0. The van der Waals surface area contributed by atoms with Gasteiger partial charge in [-0.15, -0.1) is 0 Å². The number of sulfonamides is 1. The van der Waals surface area contributed by atoms with Gasteiger partial charge in [-0.05, 0) is 13.8 Å². The Hall–Kier alpha value is -0.180. The molecule has 0 aromatic rings. The Morgan fingerprint density at radius 2 is 1.62 bits per heavy atom. The molecule has 0 radical (unpaired) electrons. The van der Waals surface area contributed by atoms with E-state index in [2.05, 4.69) is 0 Å². The standard InChI is InChI=1S/C8H20N2O4S2/c1-5-10(8(2,3)6-9)16(13,14)7-15(4,11)12/h5-7,9H2,1-4H3. The molecule has 0 atom stereocenters. The number of likely N-dealkylation sites (N-methyl/N-ethyl adjacent to an activating group) is 1. The van der Waals surface area contributed by atoms with Crippen LogP contribution in [0.2, 0.25) is 0 Å². The van der Waals surface area contributed by atoms with Crippen molar-refractivity contribution in [1.82, 2.24) is 4.31 Å². The monoisotopic (exact) mass is 272 g/mol. The van der Waals surface area contributed by atoms with E-state index in [1.807, 2.05) is 0 Å². The molecule has 0 aliphatic heterocycles. The Morgan fingerprint density at radius 3 is 1.88 bits per heavy atom. The van der Waals surface area contributed by atoms with Crippen LogP contribution in [0.25, 0.3) is 0 Å². The van der Waals surface area contributed by atoms with Crippen LogP contribution in [0, 0.1) is 0 Å². The van der Waals surface area contributed by atoms with Gasteiger partial charge in [0.2, 0.25) is 10.0 Å². The zero-order valence-corrected chi connectivity index (χ0v) is 11.7. The fourth-order valence-corrected chi connectivity index (χ4v) is 5.33. The molecule has 0 aliphatic carbocycles. The van der Waals surface area contributed by atoms with Gasteiger partial charge in [0, 0.05) is 24.9 Å². The number of hydrogen-bond acceptors (Lipinski definition) is 5. The number of nitrogens with two attached hydrogens (primary N) is 1. The molecule has 98 valence electrons. The first-order chi connectivity index (χ1) is 6.96. The van der Waals surface area contributed by atoms with Crippen molar-refractivity contribution in [1.29, 1.82) is 0 Å². The lowest BCUT2D eigenvalue weighted by Crippen LogP contribution is -2.53. The predicted molar refractivity (Wildman–Crippen MR) is 64.1 cm³/mol. The molecule has 0 aromatic heterocycles. The maximum Gasteiger partial charge on any atom is 0.229 e. The van der Waals surface area contributed by atoms with Crippen LogP contribution in [0.3, 0.4) is 0 Å². The third kappa shape index (κ3) is 4.36. The predicted octanol–water partition coefficient (Wildman–Crippen LogP) is -0.622. The van der Waals surface area contributed by atoms with E-state index in [0.717, 1.165) is 10.6 Å². The van der Waals surface area contributed by atoms with Gasteiger partial charge in [-0.2, -0.15) is 4.31 Å². The molecule has 0 saturated carbocycles. The molecular formula is C8H20N2O4S2. The van der Waals surface area contributed by atoms with Crippen molar-refractivity contribution < 1.29 is 16.8 Å². The van der Waals surface area contributed by atoms with Gasteiger partial charge in [-0.3, -0.25) is 0 Å². The molecular weight excluding hydrogens is 252 g/mol. The van der Waals surface area contributed by atoms with Crippen molar-refractivity contribution >= 4 is 19.9 Å². The largest absolute Gasteiger partial charge is 0.329 e. The van der Waals surface area contributed by atoms with E-state index < -0.39 is 30.5 Å². The highest BCUT2D eigenvalue weighted by atomic mass is 32.3. The normalized spacial score (nSPS) is 14.4. The van der Waals surface area contributed by atoms with Gasteiger partial charge < -0.3 is 5.73 Å². The van der Waals surface area contributed by atoms with E-state index >= 15 is 0 Å². The van der Waals surface area contributed by atoms with Crippen molar-refractivity contribution in [3.63, 3.8) is 0 Å². The van der Waals surface area contributed by atoms with Crippen LogP contribution >= 0.6 is 0 Å². The van der Waals surface area contributed by atoms with Gasteiger partial charge >= 0.3 is 0 Å². The molecule has 0 unspecified atom stereocenters. The lowest BCUT2D eigenvalue weighted by atomic mass is 10.1. The summed E-state index contributed by atoms with van der Waals surface area (Å²) in [4.78, 5) is 0. The second-order valence-corrected chi connectivity index (χ2v) is 8.74. The molecule has 0 amide bonds. The molecule has 2 N–H and O–H groups in total. The first-order valence-corrected chi connectivity index (χ1v) is 8.51. The summed E-state index contributed by atoms with van der Waals surface area (Å²) in [6.07, 6.45) is 0.897. The molecule has 0 fully saturated rings. The third-order valence-electron chi connectivity index (χ3n) is 2.16. The maximum absolute atomic E-state index is 11.9. The van der Waals surface area contributed by atoms with Crippen LogP contribution in [-0.2, 0) is 19.9 Å². The van der Waals surface area contributed by atoms with Crippen molar-refractivity contribution in [3.05, 3.63) is 0 Å². The average Bonchev–Trinajstić information content (AvgIpc) is 1.99. The molecule has 0 aliphatic rings. The molecule has 6 nitrogen and oxygen atoms in total. The van der Waals surface area contributed by atoms with Crippen LogP contribution in [-0.4, -0.2) is 51.1 Å². The van der Waals surface area contributed by atoms with E-state index in [9.17, 15) is 16.8 Å². The summed E-state index contributed by atoms with van der Waals surface area (Å²) < 4.78 is 47.0. The maximum atomic E-state index is 11.9. The molecule has 8 heteroatoms. The van der Waals surface area contributed by atoms with Crippen molar-refractivity contribution in [2.24, 2.45) is 5.73 Å². The Kier molecular flexibility index (Phi) is 4.93. The summed E-state index contributed by atoms with van der Waals surface area (Å²) in [6, 6.07) is 0. The van der Waals surface area contributed by atoms with E-state index in [-0.39, 0.29) is 13.1 Å². The van der Waals surface area contributed by atoms with Crippen LogP contribution in [0.5, 0.6) is 0 Å². The van der Waals surface area contributed by atoms with E-state index in [1.165, 1.54) is 0 Å². The van der Waals surface area contributed by atoms with Crippen LogP contribution in [0.4, 0.5) is 0 Å². The molecule has 0 aromatic carbocycles. The first kappa shape index (κ1) is 15.8. The van der Waals surface area contributed by atoms with Crippen molar-refractivity contribution in [2.75, 3.05) is 24.4 Å². The Bertz CT molecular complexity index is 425. The van der Waals surface area contributed by atoms with E-state index in [4.69, 9.17) is 5.73 Å². The van der Waals surface area contributed by atoms with Crippen LogP contribution in [0.15, 0.2) is 0 Å². The van der Waals surface area contributed by atoms with Gasteiger partial charge in [0.05, 0.1) is 0 Å². The second kappa shape index (κ2) is 4.99. The van der Waals surface area contributed by atoms with Crippen molar-refractivity contribution in [2.45, 2.75) is 26.3 Å². The van der Waals surface area contributed by atoms with Gasteiger partial charge in [-0.25, -0.2) is 16.8 Å². The van der Waals surface area contributed by atoms with Crippen molar-refractivity contribution in [3.8, 4) is 0 Å². The zero-order valence-electron chi connectivity index (χ0n) is 10.1. The smallest absolute Gasteiger partial charge is 0.229 e. The molecule has 0 saturated heterocycles. The Labute approximate surface area is 97.8 Å². The summed E-state index contributed by atoms with van der Waals surface area (Å²) in [7, 11) is -7.41. The minimum Gasteiger partial charge on any atom is -0.329 e. The van der Waals surface area contributed by atoms with Gasteiger partial charge in [0.15, 0.2) is 14.9 Å². The number of sulfone groups is 1. The highest BCUT2D eigenvalue weighted by Gasteiger charge is 2.35. The van der Waals surface area contributed by atoms with E-state index in [1.54, 1.807) is 20.8 Å². The third-order valence-corrected chi connectivity index (χ3v) is 6.49. The topological polar surface area (TPSA) is 97.5 Å².